The molecule has 0 fully saturated rings. The van der Waals surface area contributed by atoms with Crippen molar-refractivity contribution in [2.24, 2.45) is 4.99 Å². The second-order valence-corrected chi connectivity index (χ2v) is 4.50. The van der Waals surface area contributed by atoms with Crippen molar-refractivity contribution >= 4 is 6.08 Å². The van der Waals surface area contributed by atoms with E-state index in [1.165, 1.54) is 24.1 Å². The lowest BCUT2D eigenvalue weighted by Gasteiger charge is -2.18. The van der Waals surface area contributed by atoms with Crippen LogP contribution in [0, 0.1) is 0 Å². The number of aromatic nitrogens is 2. The van der Waals surface area contributed by atoms with Gasteiger partial charge in [0.2, 0.25) is 6.08 Å². The van der Waals surface area contributed by atoms with Crippen LogP contribution in [0.25, 0.3) is 0 Å². The molecular formula is C11H15N3O. The number of aryl methyl sites for hydroxylation is 1. The third-order valence-electron chi connectivity index (χ3n) is 2.96. The summed E-state index contributed by atoms with van der Waals surface area (Å²) in [6.07, 6.45) is 6.13. The van der Waals surface area contributed by atoms with E-state index in [1.807, 2.05) is 13.8 Å². The van der Waals surface area contributed by atoms with Gasteiger partial charge in [-0.15, -0.1) is 0 Å². The SMILES string of the molecule is CC(C)(N=C=O)c1n[nH]c2c1CCCC2. The molecule has 0 saturated heterocycles. The fraction of sp³-hybridized carbons (Fsp3) is 0.636. The van der Waals surface area contributed by atoms with Crippen LogP contribution in [0.2, 0.25) is 0 Å². The van der Waals surface area contributed by atoms with Crippen LogP contribution in [0.3, 0.4) is 0 Å². The molecule has 0 bridgehead atoms. The molecule has 0 radical (unpaired) electrons. The number of nitrogens with zero attached hydrogens (tertiary/aromatic N) is 2. The predicted molar refractivity (Wildman–Crippen MR) is 56.4 cm³/mol. The molecule has 0 amide bonds. The van der Waals surface area contributed by atoms with Crippen molar-refractivity contribution in [3.05, 3.63) is 17.0 Å². The normalized spacial score (nSPS) is 15.6. The van der Waals surface area contributed by atoms with Crippen molar-refractivity contribution in [3.8, 4) is 0 Å². The van der Waals surface area contributed by atoms with Crippen LogP contribution in [0.15, 0.2) is 4.99 Å². The molecule has 0 spiro atoms. The van der Waals surface area contributed by atoms with E-state index in [2.05, 4.69) is 15.2 Å². The fourth-order valence-corrected chi connectivity index (χ4v) is 2.15. The maximum absolute atomic E-state index is 10.4. The lowest BCUT2D eigenvalue weighted by molar-refractivity contribution is 0.506. The van der Waals surface area contributed by atoms with Gasteiger partial charge < -0.3 is 0 Å². The number of isocyanates is 1. The maximum Gasteiger partial charge on any atom is 0.235 e. The Morgan fingerprint density at radius 2 is 2.13 bits per heavy atom. The minimum absolute atomic E-state index is 0.552. The van der Waals surface area contributed by atoms with Crippen LogP contribution < -0.4 is 0 Å². The molecule has 1 aliphatic carbocycles. The van der Waals surface area contributed by atoms with Gasteiger partial charge in [0.05, 0.1) is 5.69 Å². The smallest absolute Gasteiger partial charge is 0.235 e. The highest BCUT2D eigenvalue weighted by Gasteiger charge is 2.28. The van der Waals surface area contributed by atoms with E-state index >= 15 is 0 Å². The molecule has 1 aliphatic rings. The molecule has 4 nitrogen and oxygen atoms in total. The molecule has 0 aromatic carbocycles. The van der Waals surface area contributed by atoms with Gasteiger partial charge in [-0.3, -0.25) is 5.10 Å². The summed E-state index contributed by atoms with van der Waals surface area (Å²) in [5.41, 5.74) is 2.82. The van der Waals surface area contributed by atoms with Crippen molar-refractivity contribution in [2.45, 2.75) is 45.1 Å². The zero-order valence-corrected chi connectivity index (χ0v) is 9.13. The standard InChI is InChI=1S/C11H15N3O/c1-11(2,12-7-15)10-8-5-3-4-6-9(8)13-14-10/h3-6H2,1-2H3,(H,13,14). The van der Waals surface area contributed by atoms with Crippen molar-refractivity contribution in [1.29, 1.82) is 0 Å². The molecule has 0 saturated carbocycles. The summed E-state index contributed by atoms with van der Waals surface area (Å²) in [5.74, 6) is 0. The molecule has 0 aliphatic heterocycles. The predicted octanol–water partition coefficient (Wildman–Crippen LogP) is 1.86. The van der Waals surface area contributed by atoms with Crippen LogP contribution in [0.5, 0.6) is 0 Å². The van der Waals surface area contributed by atoms with Crippen molar-refractivity contribution < 1.29 is 4.79 Å². The summed E-state index contributed by atoms with van der Waals surface area (Å²) in [6, 6.07) is 0. The summed E-state index contributed by atoms with van der Waals surface area (Å²) in [5, 5.41) is 7.34. The first-order chi connectivity index (χ1) is 7.15. The third kappa shape index (κ3) is 1.73. The van der Waals surface area contributed by atoms with Gasteiger partial charge in [0, 0.05) is 5.69 Å². The van der Waals surface area contributed by atoms with E-state index in [9.17, 15) is 4.79 Å². The summed E-state index contributed by atoms with van der Waals surface area (Å²) >= 11 is 0. The Morgan fingerprint density at radius 1 is 1.40 bits per heavy atom. The van der Waals surface area contributed by atoms with Gasteiger partial charge >= 0.3 is 0 Å². The summed E-state index contributed by atoms with van der Waals surface area (Å²) < 4.78 is 0. The van der Waals surface area contributed by atoms with Crippen LogP contribution >= 0.6 is 0 Å². The van der Waals surface area contributed by atoms with Crippen LogP contribution in [-0.4, -0.2) is 16.3 Å². The maximum atomic E-state index is 10.4. The summed E-state index contributed by atoms with van der Waals surface area (Å²) in [7, 11) is 0. The van der Waals surface area contributed by atoms with Gasteiger partial charge in [0.25, 0.3) is 0 Å². The highest BCUT2D eigenvalue weighted by molar-refractivity contribution is 5.39. The Kier molecular flexibility index (Phi) is 2.45. The van der Waals surface area contributed by atoms with Gasteiger partial charge in [-0.1, -0.05) is 0 Å². The molecule has 0 atom stereocenters. The monoisotopic (exact) mass is 205 g/mol. The quantitative estimate of drug-likeness (QED) is 0.591. The Bertz CT molecular complexity index is 413. The van der Waals surface area contributed by atoms with E-state index < -0.39 is 5.54 Å². The second-order valence-electron chi connectivity index (χ2n) is 4.50. The minimum atomic E-state index is -0.552. The fourth-order valence-electron chi connectivity index (χ4n) is 2.15. The van der Waals surface area contributed by atoms with E-state index in [0.717, 1.165) is 18.5 Å². The molecule has 1 heterocycles. The number of aliphatic imine (C=N–C) groups is 1. The first kappa shape index (κ1) is 10.1. The second kappa shape index (κ2) is 3.63. The third-order valence-corrected chi connectivity index (χ3v) is 2.96. The average molecular weight is 205 g/mol. The zero-order chi connectivity index (χ0) is 10.9. The number of rotatable bonds is 2. The van der Waals surface area contributed by atoms with Gasteiger partial charge in [-0.05, 0) is 45.1 Å². The first-order valence-corrected chi connectivity index (χ1v) is 5.31. The molecular weight excluding hydrogens is 190 g/mol. The molecule has 1 N–H and O–H groups in total. The number of H-pyrrole nitrogens is 1. The molecule has 0 unspecified atom stereocenters. The van der Waals surface area contributed by atoms with Crippen molar-refractivity contribution in [1.82, 2.24) is 10.2 Å². The lowest BCUT2D eigenvalue weighted by Crippen LogP contribution is -2.17. The number of aromatic amines is 1. The molecule has 1 aromatic heterocycles. The Hall–Kier alpha value is -1.41. The molecule has 2 rings (SSSR count). The number of nitrogens with one attached hydrogen (secondary N) is 1. The molecule has 15 heavy (non-hydrogen) atoms. The highest BCUT2D eigenvalue weighted by Crippen LogP contribution is 2.31. The van der Waals surface area contributed by atoms with Crippen LogP contribution in [0.1, 0.15) is 43.6 Å². The first-order valence-electron chi connectivity index (χ1n) is 5.31. The van der Waals surface area contributed by atoms with Crippen molar-refractivity contribution in [3.63, 3.8) is 0 Å². The number of hydrogen-bond acceptors (Lipinski definition) is 3. The van der Waals surface area contributed by atoms with Gasteiger partial charge in [-0.2, -0.15) is 10.1 Å². The number of fused-ring (bicyclic) bond motifs is 1. The molecule has 1 aromatic rings. The summed E-state index contributed by atoms with van der Waals surface area (Å²) in [6.45, 7) is 3.78. The van der Waals surface area contributed by atoms with Crippen LogP contribution in [-0.2, 0) is 23.2 Å². The van der Waals surface area contributed by atoms with E-state index in [1.54, 1.807) is 6.08 Å². The Labute approximate surface area is 88.8 Å². The van der Waals surface area contributed by atoms with Gasteiger partial charge in [0.1, 0.15) is 5.54 Å². The minimum Gasteiger partial charge on any atom is -0.282 e. The average Bonchev–Trinajstić information content (AvgIpc) is 2.61. The van der Waals surface area contributed by atoms with E-state index in [4.69, 9.17) is 0 Å². The largest absolute Gasteiger partial charge is 0.282 e. The Balaban J connectivity index is 2.44. The van der Waals surface area contributed by atoms with E-state index in [-0.39, 0.29) is 0 Å². The topological polar surface area (TPSA) is 58.1 Å². The highest BCUT2D eigenvalue weighted by atomic mass is 16.1. The lowest BCUT2D eigenvalue weighted by atomic mass is 9.89. The number of hydrogen-bond donors (Lipinski definition) is 1. The van der Waals surface area contributed by atoms with Gasteiger partial charge in [0.15, 0.2) is 0 Å². The van der Waals surface area contributed by atoms with E-state index in [0.29, 0.717) is 0 Å². The van der Waals surface area contributed by atoms with Gasteiger partial charge in [-0.25, -0.2) is 4.79 Å². The Morgan fingerprint density at radius 3 is 2.87 bits per heavy atom. The molecule has 80 valence electrons. The van der Waals surface area contributed by atoms with Crippen LogP contribution in [0.4, 0.5) is 0 Å². The zero-order valence-electron chi connectivity index (χ0n) is 9.13. The summed E-state index contributed by atoms with van der Waals surface area (Å²) in [4.78, 5) is 14.2. The molecule has 4 heteroatoms. The number of carbonyl (C=O) groups excluding carboxylic acids is 1. The van der Waals surface area contributed by atoms with Crippen molar-refractivity contribution in [2.75, 3.05) is 0 Å².